The monoisotopic (exact) mass is 318 g/mol. The first-order chi connectivity index (χ1) is 9.79. The lowest BCUT2D eigenvalue weighted by Gasteiger charge is -2.44. The van der Waals surface area contributed by atoms with Gasteiger partial charge in [-0.1, -0.05) is 19.9 Å². The van der Waals surface area contributed by atoms with Gasteiger partial charge in [-0.15, -0.1) is 0 Å². The van der Waals surface area contributed by atoms with Crippen LogP contribution in [0.3, 0.4) is 0 Å². The van der Waals surface area contributed by atoms with Crippen molar-refractivity contribution in [2.75, 3.05) is 0 Å². The van der Waals surface area contributed by atoms with Crippen LogP contribution in [0.1, 0.15) is 27.2 Å². The Morgan fingerprint density at radius 2 is 1.91 bits per heavy atom. The van der Waals surface area contributed by atoms with E-state index in [9.17, 15) is 27.9 Å². The van der Waals surface area contributed by atoms with Gasteiger partial charge in [0.2, 0.25) is 0 Å². The molecule has 1 rings (SSSR count). The maximum Gasteiger partial charge on any atom is 0.416 e. The molecule has 0 saturated heterocycles. The quantitative estimate of drug-likeness (QED) is 0.620. The third-order valence-electron chi connectivity index (χ3n) is 3.74. The molecule has 22 heavy (non-hydrogen) atoms. The smallest absolute Gasteiger partial charge is 0.416 e. The summed E-state index contributed by atoms with van der Waals surface area (Å²) in [4.78, 5) is 22.0. The molecule has 0 bridgehead atoms. The van der Waals surface area contributed by atoms with Crippen LogP contribution in [0.2, 0.25) is 0 Å². The molecule has 0 radical (unpaired) electrons. The molecule has 122 valence electrons. The van der Waals surface area contributed by atoms with Crippen LogP contribution in [0.4, 0.5) is 13.2 Å². The molecule has 0 spiro atoms. The number of halogens is 3. The number of carboxylic acids is 1. The van der Waals surface area contributed by atoms with Gasteiger partial charge >= 0.3 is 12.1 Å². The number of rotatable bonds is 3. The van der Waals surface area contributed by atoms with Crippen LogP contribution >= 0.6 is 0 Å². The highest BCUT2D eigenvalue weighted by atomic mass is 19.4. The van der Waals surface area contributed by atoms with Gasteiger partial charge in [-0.2, -0.15) is 13.2 Å². The van der Waals surface area contributed by atoms with Crippen molar-refractivity contribution in [1.29, 1.82) is 0 Å². The number of ketones is 1. The average molecular weight is 318 g/mol. The lowest BCUT2D eigenvalue weighted by molar-refractivity contribution is -0.132. The van der Waals surface area contributed by atoms with Crippen LogP contribution in [0, 0.1) is 5.41 Å². The summed E-state index contributed by atoms with van der Waals surface area (Å²) in [7, 11) is 0. The molecule has 1 aliphatic rings. The Labute approximate surface area is 125 Å². The van der Waals surface area contributed by atoms with Gasteiger partial charge in [0.15, 0.2) is 5.78 Å². The molecule has 0 aromatic carbocycles. The molecule has 0 aromatic heterocycles. The van der Waals surface area contributed by atoms with Crippen molar-refractivity contribution in [1.82, 2.24) is 0 Å². The number of allylic oxidation sites excluding steroid dienone is 3. The first kappa shape index (κ1) is 18.2. The number of aliphatic carboxylic acids is 1. The van der Waals surface area contributed by atoms with E-state index in [2.05, 4.69) is 0 Å². The SMILES string of the molecule is CC1=CC(=O)CC(C)(C)C1(O)C=CC(=CC(=O)O)C(F)(F)F. The second-order valence-electron chi connectivity index (χ2n) is 5.89. The van der Waals surface area contributed by atoms with E-state index in [-0.39, 0.29) is 23.9 Å². The van der Waals surface area contributed by atoms with Gasteiger partial charge in [-0.25, -0.2) is 4.79 Å². The lowest BCUT2D eigenvalue weighted by atomic mass is 9.64. The van der Waals surface area contributed by atoms with Crippen molar-refractivity contribution >= 4 is 11.8 Å². The Morgan fingerprint density at radius 3 is 2.32 bits per heavy atom. The summed E-state index contributed by atoms with van der Waals surface area (Å²) >= 11 is 0. The second kappa shape index (κ2) is 5.72. The largest absolute Gasteiger partial charge is 0.478 e. The molecule has 0 amide bonds. The van der Waals surface area contributed by atoms with Crippen LogP contribution in [0.5, 0.6) is 0 Å². The van der Waals surface area contributed by atoms with Crippen LogP contribution in [-0.2, 0) is 9.59 Å². The number of alkyl halides is 3. The summed E-state index contributed by atoms with van der Waals surface area (Å²) in [5.74, 6) is -1.97. The van der Waals surface area contributed by atoms with E-state index in [4.69, 9.17) is 5.11 Å². The van der Waals surface area contributed by atoms with Gasteiger partial charge in [0.05, 0.1) is 5.57 Å². The zero-order valence-corrected chi connectivity index (χ0v) is 12.4. The maximum absolute atomic E-state index is 12.8. The first-order valence-electron chi connectivity index (χ1n) is 6.44. The Morgan fingerprint density at radius 1 is 1.36 bits per heavy atom. The molecule has 0 saturated carbocycles. The molecule has 1 aliphatic carbocycles. The van der Waals surface area contributed by atoms with E-state index in [1.807, 2.05) is 0 Å². The number of aliphatic hydroxyl groups is 1. The summed E-state index contributed by atoms with van der Waals surface area (Å²) in [6.45, 7) is 4.55. The molecule has 1 atom stereocenters. The van der Waals surface area contributed by atoms with Gasteiger partial charge in [0, 0.05) is 17.9 Å². The van der Waals surface area contributed by atoms with E-state index in [0.29, 0.717) is 6.08 Å². The fourth-order valence-corrected chi connectivity index (χ4v) is 2.43. The molecule has 1 unspecified atom stereocenters. The molecule has 0 aliphatic heterocycles. The first-order valence-corrected chi connectivity index (χ1v) is 6.44. The topological polar surface area (TPSA) is 74.6 Å². The van der Waals surface area contributed by atoms with Gasteiger partial charge in [-0.05, 0) is 24.6 Å². The summed E-state index contributed by atoms with van der Waals surface area (Å²) in [6, 6.07) is 0. The number of carboxylic acid groups (broad SMARTS) is 1. The molecular weight excluding hydrogens is 301 g/mol. The van der Waals surface area contributed by atoms with Crippen LogP contribution in [0.15, 0.2) is 35.5 Å². The minimum atomic E-state index is -4.86. The summed E-state index contributed by atoms with van der Waals surface area (Å²) in [6.07, 6.45) is -2.26. The van der Waals surface area contributed by atoms with E-state index in [0.717, 1.165) is 6.08 Å². The standard InChI is InChI=1S/C15H17F3O4/c1-9-6-11(19)8-13(2,3)14(9,22)5-4-10(7-12(20)21)15(16,17)18/h4-7,22H,8H2,1-3H3,(H,20,21). The highest BCUT2D eigenvalue weighted by Crippen LogP contribution is 2.44. The molecular formula is C15H17F3O4. The number of hydrogen-bond donors (Lipinski definition) is 2. The Balaban J connectivity index is 3.32. The van der Waals surface area contributed by atoms with Crippen molar-refractivity contribution in [2.45, 2.75) is 39.0 Å². The summed E-state index contributed by atoms with van der Waals surface area (Å²) in [5.41, 5.74) is -3.97. The normalized spacial score (nSPS) is 26.2. The van der Waals surface area contributed by atoms with E-state index >= 15 is 0 Å². The number of carbonyl (C=O) groups excluding carboxylic acids is 1. The van der Waals surface area contributed by atoms with E-state index < -0.39 is 28.7 Å². The Hall–Kier alpha value is -1.89. The average Bonchev–Trinajstić information content (AvgIpc) is 2.29. The van der Waals surface area contributed by atoms with Gasteiger partial charge in [-0.3, -0.25) is 4.79 Å². The van der Waals surface area contributed by atoms with E-state index in [1.165, 1.54) is 13.0 Å². The van der Waals surface area contributed by atoms with Crippen molar-refractivity contribution in [3.8, 4) is 0 Å². The van der Waals surface area contributed by atoms with Crippen LogP contribution in [0.25, 0.3) is 0 Å². The highest BCUT2D eigenvalue weighted by molar-refractivity contribution is 5.92. The molecule has 7 heteroatoms. The second-order valence-corrected chi connectivity index (χ2v) is 5.89. The number of hydrogen-bond acceptors (Lipinski definition) is 3. The zero-order valence-electron chi connectivity index (χ0n) is 12.4. The molecule has 2 N–H and O–H groups in total. The Kier molecular flexibility index (Phi) is 4.72. The Bertz CT molecular complexity index is 582. The summed E-state index contributed by atoms with van der Waals surface area (Å²) in [5, 5.41) is 19.2. The minimum absolute atomic E-state index is 0.0277. The highest BCUT2D eigenvalue weighted by Gasteiger charge is 2.47. The van der Waals surface area contributed by atoms with Crippen molar-refractivity contribution in [2.24, 2.45) is 5.41 Å². The third-order valence-corrected chi connectivity index (χ3v) is 3.74. The molecule has 0 heterocycles. The predicted octanol–water partition coefficient (Wildman–Crippen LogP) is 2.79. The lowest BCUT2D eigenvalue weighted by Crippen LogP contribution is -2.48. The van der Waals surface area contributed by atoms with Crippen molar-refractivity contribution < 1.29 is 33.0 Å². The van der Waals surface area contributed by atoms with Gasteiger partial charge in [0.25, 0.3) is 0 Å². The fourth-order valence-electron chi connectivity index (χ4n) is 2.43. The van der Waals surface area contributed by atoms with E-state index in [1.54, 1.807) is 13.8 Å². The number of carbonyl (C=O) groups is 2. The third kappa shape index (κ3) is 3.65. The summed E-state index contributed by atoms with van der Waals surface area (Å²) < 4.78 is 38.3. The zero-order chi connectivity index (χ0) is 17.3. The molecule has 0 aromatic rings. The van der Waals surface area contributed by atoms with Crippen molar-refractivity contribution in [3.05, 3.63) is 35.5 Å². The fraction of sp³-hybridized carbons (Fsp3) is 0.467. The maximum atomic E-state index is 12.8. The minimum Gasteiger partial charge on any atom is -0.478 e. The molecule has 4 nitrogen and oxygen atoms in total. The van der Waals surface area contributed by atoms with Crippen LogP contribution < -0.4 is 0 Å². The van der Waals surface area contributed by atoms with Crippen molar-refractivity contribution in [3.63, 3.8) is 0 Å². The van der Waals surface area contributed by atoms with Gasteiger partial charge < -0.3 is 10.2 Å². The van der Waals surface area contributed by atoms with Crippen LogP contribution in [-0.4, -0.2) is 33.7 Å². The predicted molar refractivity (Wildman–Crippen MR) is 73.0 cm³/mol. The molecule has 0 fully saturated rings. The van der Waals surface area contributed by atoms with Gasteiger partial charge in [0.1, 0.15) is 5.60 Å².